The van der Waals surface area contributed by atoms with Crippen molar-refractivity contribution in [2.45, 2.75) is 0 Å². The number of aromatic nitrogens is 4. The number of pyridine rings is 1. The summed E-state index contributed by atoms with van der Waals surface area (Å²) in [6.45, 7) is 0. The van der Waals surface area contributed by atoms with E-state index in [4.69, 9.17) is 4.98 Å². The molecule has 0 spiro atoms. The van der Waals surface area contributed by atoms with Gasteiger partial charge in [-0.15, -0.1) is 53.6 Å². The van der Waals surface area contributed by atoms with E-state index in [2.05, 4.69) is 87.9 Å². The zero-order valence-corrected chi connectivity index (χ0v) is 21.7. The summed E-state index contributed by atoms with van der Waals surface area (Å²) in [7, 11) is 2.06. The van der Waals surface area contributed by atoms with Gasteiger partial charge in [0.1, 0.15) is 0 Å². The standard InChI is InChI=1S/C31H20N4.Pt/c1-34-29-15-5-3-13-27(29)33-31(34)22-16-17-25-24-11-2-4-14-28(24)35(30(25)20-22)23-10-8-9-21(19-23)26-12-6-7-18-32-26;/h2-18H,1H3;/q-2;+2. The Kier molecular flexibility index (Phi) is 5.54. The number of para-hydroxylation sites is 3. The quantitative estimate of drug-likeness (QED) is 0.195. The normalized spacial score (nSPS) is 11.2. The van der Waals surface area contributed by atoms with E-state index in [1.807, 2.05) is 48.7 Å². The maximum atomic E-state index is 4.91. The molecule has 4 nitrogen and oxygen atoms in total. The molecule has 0 amide bonds. The molecule has 0 aliphatic rings. The van der Waals surface area contributed by atoms with Crippen molar-refractivity contribution >= 4 is 32.8 Å². The molecule has 3 heterocycles. The topological polar surface area (TPSA) is 35.6 Å². The molecule has 0 N–H and O–H groups in total. The van der Waals surface area contributed by atoms with Crippen molar-refractivity contribution in [2.24, 2.45) is 7.05 Å². The summed E-state index contributed by atoms with van der Waals surface area (Å²) < 4.78 is 4.37. The third kappa shape index (κ3) is 3.49. The van der Waals surface area contributed by atoms with Gasteiger partial charge in [-0.1, -0.05) is 47.9 Å². The average Bonchev–Trinajstić information content (AvgIpc) is 3.44. The van der Waals surface area contributed by atoms with Crippen LogP contribution in [0.4, 0.5) is 0 Å². The fourth-order valence-electron chi connectivity index (χ4n) is 4.92. The summed E-state index contributed by atoms with van der Waals surface area (Å²) in [5, 5.41) is 2.34. The van der Waals surface area contributed by atoms with Crippen molar-refractivity contribution in [3.05, 3.63) is 115 Å². The van der Waals surface area contributed by atoms with Crippen LogP contribution in [-0.4, -0.2) is 19.1 Å². The number of benzene rings is 4. The monoisotopic (exact) mass is 643 g/mol. The number of fused-ring (bicyclic) bond motifs is 4. The molecular formula is C31H20N4Pt. The molecule has 0 saturated heterocycles. The molecule has 0 unspecified atom stereocenters. The number of rotatable bonds is 3. The first kappa shape index (κ1) is 22.5. The van der Waals surface area contributed by atoms with Gasteiger partial charge in [-0.25, -0.2) is 0 Å². The summed E-state index contributed by atoms with van der Waals surface area (Å²) in [6.07, 6.45) is 1.81. The number of nitrogens with zero attached hydrogens (tertiary/aromatic N) is 4. The second-order valence-corrected chi connectivity index (χ2v) is 8.63. The van der Waals surface area contributed by atoms with Crippen LogP contribution in [0.1, 0.15) is 0 Å². The van der Waals surface area contributed by atoms with Gasteiger partial charge in [0.15, 0.2) is 0 Å². The fourth-order valence-corrected chi connectivity index (χ4v) is 4.92. The minimum atomic E-state index is 0. The van der Waals surface area contributed by atoms with Gasteiger partial charge in [0.2, 0.25) is 0 Å². The smallest absolute Gasteiger partial charge is 0.367 e. The van der Waals surface area contributed by atoms with E-state index in [-0.39, 0.29) is 21.1 Å². The minimum absolute atomic E-state index is 0. The van der Waals surface area contributed by atoms with E-state index in [9.17, 15) is 0 Å². The second-order valence-electron chi connectivity index (χ2n) is 8.63. The van der Waals surface area contributed by atoms with Gasteiger partial charge in [0, 0.05) is 18.8 Å². The molecule has 3 aromatic heterocycles. The third-order valence-corrected chi connectivity index (χ3v) is 6.57. The molecule has 0 saturated carbocycles. The van der Waals surface area contributed by atoms with Crippen LogP contribution in [0.3, 0.4) is 0 Å². The van der Waals surface area contributed by atoms with E-state index in [1.54, 1.807) is 0 Å². The first-order valence-electron chi connectivity index (χ1n) is 11.6. The molecule has 0 atom stereocenters. The van der Waals surface area contributed by atoms with Crippen LogP contribution in [0.25, 0.3) is 61.2 Å². The van der Waals surface area contributed by atoms with Gasteiger partial charge in [0.25, 0.3) is 0 Å². The van der Waals surface area contributed by atoms with Gasteiger partial charge < -0.3 is 14.1 Å². The Morgan fingerprint density at radius 1 is 0.667 bits per heavy atom. The largest absolute Gasteiger partial charge is 2.00 e. The van der Waals surface area contributed by atoms with Crippen molar-refractivity contribution in [3.63, 3.8) is 0 Å². The van der Waals surface area contributed by atoms with Crippen LogP contribution in [0.5, 0.6) is 0 Å². The predicted octanol–water partition coefficient (Wildman–Crippen LogP) is 7.00. The van der Waals surface area contributed by atoms with Crippen molar-refractivity contribution in [1.82, 2.24) is 19.1 Å². The van der Waals surface area contributed by atoms with E-state index in [1.165, 1.54) is 5.39 Å². The molecule has 174 valence electrons. The average molecular weight is 644 g/mol. The second kappa shape index (κ2) is 8.89. The number of imidazole rings is 1. The van der Waals surface area contributed by atoms with Crippen LogP contribution in [0.2, 0.25) is 0 Å². The Hall–Kier alpha value is -4.01. The van der Waals surface area contributed by atoms with Crippen LogP contribution in [0, 0.1) is 12.1 Å². The Morgan fingerprint density at radius 3 is 2.31 bits per heavy atom. The van der Waals surface area contributed by atoms with Crippen LogP contribution in [0.15, 0.2) is 103 Å². The maximum Gasteiger partial charge on any atom is 2.00 e. The molecule has 4 aromatic carbocycles. The van der Waals surface area contributed by atoms with Crippen LogP contribution in [-0.2, 0) is 28.1 Å². The molecule has 0 radical (unpaired) electrons. The van der Waals surface area contributed by atoms with Crippen molar-refractivity contribution < 1.29 is 21.1 Å². The summed E-state index contributed by atoms with van der Waals surface area (Å²) in [4.78, 5) is 9.43. The van der Waals surface area contributed by atoms with Gasteiger partial charge in [-0.2, -0.15) is 0 Å². The molecule has 0 fully saturated rings. The third-order valence-electron chi connectivity index (χ3n) is 6.57. The molecular weight excluding hydrogens is 623 g/mol. The van der Waals surface area contributed by atoms with Gasteiger partial charge in [-0.3, -0.25) is 4.98 Å². The van der Waals surface area contributed by atoms with Gasteiger partial charge in [0.05, 0.1) is 16.9 Å². The SMILES string of the molecule is Cn1c(-c2[c-]c3c(cc2)c2ccccc2n3-c2[c-]c(-c3ccccn3)ccc2)nc2ccccc21.[Pt+2]. The zero-order valence-electron chi connectivity index (χ0n) is 19.4. The van der Waals surface area contributed by atoms with E-state index in [0.29, 0.717) is 0 Å². The van der Waals surface area contributed by atoms with Gasteiger partial charge >= 0.3 is 21.1 Å². The molecule has 0 aliphatic carbocycles. The summed E-state index contributed by atoms with van der Waals surface area (Å²) >= 11 is 0. The van der Waals surface area contributed by atoms with E-state index < -0.39 is 0 Å². The number of hydrogen-bond acceptors (Lipinski definition) is 2. The van der Waals surface area contributed by atoms with Crippen molar-refractivity contribution in [3.8, 4) is 28.3 Å². The number of aryl methyl sites for hydroxylation is 1. The molecule has 5 heteroatoms. The Balaban J connectivity index is 0.00000240. The Bertz CT molecular complexity index is 1860. The minimum Gasteiger partial charge on any atom is -0.367 e. The Labute approximate surface area is 223 Å². The van der Waals surface area contributed by atoms with Crippen molar-refractivity contribution in [1.29, 1.82) is 0 Å². The number of hydrogen-bond donors (Lipinski definition) is 0. The predicted molar refractivity (Wildman–Crippen MR) is 141 cm³/mol. The first-order valence-corrected chi connectivity index (χ1v) is 11.6. The molecule has 7 rings (SSSR count). The van der Waals surface area contributed by atoms with E-state index >= 15 is 0 Å². The van der Waals surface area contributed by atoms with Gasteiger partial charge in [-0.05, 0) is 46.5 Å². The van der Waals surface area contributed by atoms with Crippen molar-refractivity contribution in [2.75, 3.05) is 0 Å². The molecule has 0 aliphatic heterocycles. The first-order chi connectivity index (χ1) is 17.3. The summed E-state index contributed by atoms with van der Waals surface area (Å²) in [5.41, 5.74) is 7.99. The Morgan fingerprint density at radius 2 is 1.47 bits per heavy atom. The maximum absolute atomic E-state index is 4.91. The van der Waals surface area contributed by atoms with Crippen LogP contribution < -0.4 is 0 Å². The van der Waals surface area contributed by atoms with Crippen LogP contribution >= 0.6 is 0 Å². The molecule has 36 heavy (non-hydrogen) atoms. The van der Waals surface area contributed by atoms with E-state index in [0.717, 1.165) is 55.8 Å². The molecule has 0 bridgehead atoms. The molecule has 7 aromatic rings. The summed E-state index contributed by atoms with van der Waals surface area (Å²) in [5.74, 6) is 0.899. The zero-order chi connectivity index (χ0) is 23.4. The summed E-state index contributed by atoms with van der Waals surface area (Å²) in [6, 6.07) is 40.4. The fraction of sp³-hybridized carbons (Fsp3) is 0.0323.